The molecule has 4 atom stereocenters. The fourth-order valence-corrected chi connectivity index (χ4v) is 3.53. The standard InChI is InChI=1S/C14H15N3O/c1-7-10-4-11-13(17-8(2)16-11)14(10,3)5-9(6-15)12(7)18/h5,7-8,10H,4H2,1-3H3/t7-,8?,10-,14-/m0/s1. The number of nitrogens with zero attached hydrogens (tertiary/aromatic N) is 3. The molecule has 0 aromatic heterocycles. The van der Waals surface area contributed by atoms with Gasteiger partial charge in [0, 0.05) is 11.3 Å². The van der Waals surface area contributed by atoms with Gasteiger partial charge in [-0.3, -0.25) is 14.8 Å². The lowest BCUT2D eigenvalue weighted by molar-refractivity contribution is -0.121. The lowest BCUT2D eigenvalue weighted by Gasteiger charge is -2.35. The second-order valence-electron chi connectivity index (χ2n) is 5.60. The van der Waals surface area contributed by atoms with Crippen LogP contribution in [0.2, 0.25) is 0 Å². The van der Waals surface area contributed by atoms with E-state index in [2.05, 4.69) is 16.9 Å². The van der Waals surface area contributed by atoms with Crippen LogP contribution in [0.3, 0.4) is 0 Å². The molecule has 3 aliphatic rings. The van der Waals surface area contributed by atoms with Crippen molar-refractivity contribution in [2.24, 2.45) is 27.2 Å². The van der Waals surface area contributed by atoms with Crippen molar-refractivity contribution in [3.63, 3.8) is 0 Å². The molecule has 0 aromatic carbocycles. The number of allylic oxidation sites excluding steroid dienone is 2. The van der Waals surface area contributed by atoms with Gasteiger partial charge < -0.3 is 0 Å². The van der Waals surface area contributed by atoms with Gasteiger partial charge in [0.25, 0.3) is 0 Å². The van der Waals surface area contributed by atoms with Crippen LogP contribution in [-0.2, 0) is 4.79 Å². The quantitative estimate of drug-likeness (QED) is 0.650. The number of Topliss-reactive ketones (excluding diaryl/α,β-unsaturated/α-hetero) is 1. The van der Waals surface area contributed by atoms with Gasteiger partial charge in [-0.15, -0.1) is 0 Å². The maximum absolute atomic E-state index is 12.1. The molecule has 0 radical (unpaired) electrons. The summed E-state index contributed by atoms with van der Waals surface area (Å²) in [4.78, 5) is 21.2. The molecular formula is C14H15N3O. The van der Waals surface area contributed by atoms with Crippen LogP contribution in [-0.4, -0.2) is 23.4 Å². The average Bonchev–Trinajstić information content (AvgIpc) is 2.81. The Morgan fingerprint density at radius 1 is 1.44 bits per heavy atom. The number of hydrogen-bond donors (Lipinski definition) is 0. The second kappa shape index (κ2) is 3.38. The van der Waals surface area contributed by atoms with Crippen molar-refractivity contribution in [3.8, 4) is 6.07 Å². The molecule has 1 unspecified atom stereocenters. The Morgan fingerprint density at radius 3 is 2.83 bits per heavy atom. The van der Waals surface area contributed by atoms with Crippen LogP contribution in [0.4, 0.5) is 0 Å². The Hall–Kier alpha value is -1.76. The first-order chi connectivity index (χ1) is 8.47. The minimum absolute atomic E-state index is 0.0142. The van der Waals surface area contributed by atoms with Crippen molar-refractivity contribution in [2.45, 2.75) is 33.4 Å². The Kier molecular flexibility index (Phi) is 2.13. The van der Waals surface area contributed by atoms with E-state index < -0.39 is 0 Å². The molecule has 0 N–H and O–H groups in total. The van der Waals surface area contributed by atoms with E-state index in [0.717, 1.165) is 17.8 Å². The van der Waals surface area contributed by atoms with E-state index in [1.807, 2.05) is 26.0 Å². The zero-order valence-electron chi connectivity index (χ0n) is 10.8. The van der Waals surface area contributed by atoms with E-state index in [1.165, 1.54) is 0 Å². The third-order valence-electron chi connectivity index (χ3n) is 4.47. The number of ketones is 1. The zero-order valence-corrected chi connectivity index (χ0v) is 10.8. The predicted octanol–water partition coefficient (Wildman–Crippen LogP) is 1.92. The highest BCUT2D eigenvalue weighted by atomic mass is 16.1. The summed E-state index contributed by atoms with van der Waals surface area (Å²) in [5, 5.41) is 9.10. The van der Waals surface area contributed by atoms with Crippen molar-refractivity contribution in [3.05, 3.63) is 11.6 Å². The lowest BCUT2D eigenvalue weighted by atomic mass is 9.66. The SMILES string of the molecule is CC1N=C2C[C@H]3[C@H](C)C(=O)C(C#N)=C[C@]3(C)C2=N1. The summed E-state index contributed by atoms with van der Waals surface area (Å²) >= 11 is 0. The molecule has 92 valence electrons. The Labute approximate surface area is 106 Å². The van der Waals surface area contributed by atoms with Gasteiger partial charge in [-0.1, -0.05) is 19.9 Å². The molecule has 0 saturated heterocycles. The molecule has 1 heterocycles. The van der Waals surface area contributed by atoms with E-state index in [9.17, 15) is 4.79 Å². The van der Waals surface area contributed by atoms with E-state index in [4.69, 9.17) is 5.26 Å². The first-order valence-electron chi connectivity index (χ1n) is 6.30. The summed E-state index contributed by atoms with van der Waals surface area (Å²) in [7, 11) is 0. The monoisotopic (exact) mass is 241 g/mol. The zero-order chi connectivity index (χ0) is 13.1. The predicted molar refractivity (Wildman–Crippen MR) is 68.4 cm³/mol. The van der Waals surface area contributed by atoms with Crippen molar-refractivity contribution in [1.29, 1.82) is 5.26 Å². The van der Waals surface area contributed by atoms with Gasteiger partial charge in [0.2, 0.25) is 0 Å². The largest absolute Gasteiger partial charge is 0.293 e. The Bertz CT molecular complexity index is 578. The first kappa shape index (κ1) is 11.3. The average molecular weight is 241 g/mol. The van der Waals surface area contributed by atoms with Gasteiger partial charge >= 0.3 is 0 Å². The molecule has 0 spiro atoms. The van der Waals surface area contributed by atoms with Crippen molar-refractivity contribution in [2.75, 3.05) is 0 Å². The molecule has 0 aromatic rings. The Morgan fingerprint density at radius 2 is 2.17 bits per heavy atom. The molecule has 1 saturated carbocycles. The molecule has 1 fully saturated rings. The summed E-state index contributed by atoms with van der Waals surface area (Å²) in [5.41, 5.74) is 2.02. The number of carbonyl (C=O) groups excluding carboxylic acids is 1. The topological polar surface area (TPSA) is 65.6 Å². The summed E-state index contributed by atoms with van der Waals surface area (Å²) in [6.45, 7) is 5.96. The second-order valence-corrected chi connectivity index (χ2v) is 5.60. The highest BCUT2D eigenvalue weighted by Crippen LogP contribution is 2.50. The summed E-state index contributed by atoms with van der Waals surface area (Å²) in [6, 6.07) is 2.03. The van der Waals surface area contributed by atoms with Gasteiger partial charge in [0.1, 0.15) is 12.2 Å². The molecule has 2 aliphatic carbocycles. The normalized spacial score (nSPS) is 41.6. The number of fused-ring (bicyclic) bond motifs is 3. The molecule has 4 heteroatoms. The number of nitriles is 1. The van der Waals surface area contributed by atoms with Crippen molar-refractivity contribution < 1.29 is 4.79 Å². The minimum atomic E-state index is -0.290. The Balaban J connectivity index is 2.17. The third-order valence-corrected chi connectivity index (χ3v) is 4.47. The van der Waals surface area contributed by atoms with Crippen LogP contribution >= 0.6 is 0 Å². The van der Waals surface area contributed by atoms with E-state index in [0.29, 0.717) is 0 Å². The van der Waals surface area contributed by atoms with Crippen LogP contribution < -0.4 is 0 Å². The first-order valence-corrected chi connectivity index (χ1v) is 6.30. The fourth-order valence-electron chi connectivity index (χ4n) is 3.53. The van der Waals surface area contributed by atoms with Crippen molar-refractivity contribution in [1.82, 2.24) is 0 Å². The summed E-state index contributed by atoms with van der Waals surface area (Å²) in [6.07, 6.45) is 2.61. The van der Waals surface area contributed by atoms with Crippen LogP contribution in [0, 0.1) is 28.6 Å². The van der Waals surface area contributed by atoms with Gasteiger partial charge in [-0.2, -0.15) is 5.26 Å². The minimum Gasteiger partial charge on any atom is -0.293 e. The van der Waals surface area contributed by atoms with Gasteiger partial charge in [0.05, 0.1) is 17.0 Å². The number of hydrogen-bond acceptors (Lipinski definition) is 4. The van der Waals surface area contributed by atoms with E-state index in [1.54, 1.807) is 0 Å². The fraction of sp³-hybridized carbons (Fsp3) is 0.571. The van der Waals surface area contributed by atoms with Crippen molar-refractivity contribution >= 4 is 17.2 Å². The number of aliphatic imine (C=N–C) groups is 2. The van der Waals surface area contributed by atoms with E-state index >= 15 is 0 Å². The summed E-state index contributed by atoms with van der Waals surface area (Å²) < 4.78 is 0. The highest BCUT2D eigenvalue weighted by molar-refractivity contribution is 6.48. The molecule has 0 amide bonds. The number of rotatable bonds is 0. The summed E-state index contributed by atoms with van der Waals surface area (Å²) in [5.74, 6) is 0.0438. The smallest absolute Gasteiger partial charge is 0.176 e. The van der Waals surface area contributed by atoms with Crippen LogP contribution in [0.1, 0.15) is 27.2 Å². The third kappa shape index (κ3) is 1.22. The number of carbonyl (C=O) groups is 1. The van der Waals surface area contributed by atoms with Crippen LogP contribution in [0.15, 0.2) is 21.6 Å². The molecule has 18 heavy (non-hydrogen) atoms. The maximum atomic E-state index is 12.1. The lowest BCUT2D eigenvalue weighted by Crippen LogP contribution is -2.39. The van der Waals surface area contributed by atoms with Gasteiger partial charge in [0.15, 0.2) is 5.78 Å². The van der Waals surface area contributed by atoms with E-state index in [-0.39, 0.29) is 34.8 Å². The maximum Gasteiger partial charge on any atom is 0.176 e. The molecule has 1 aliphatic heterocycles. The molecular weight excluding hydrogens is 226 g/mol. The van der Waals surface area contributed by atoms with Crippen LogP contribution in [0.25, 0.3) is 0 Å². The molecule has 3 rings (SSSR count). The van der Waals surface area contributed by atoms with Crippen LogP contribution in [0.5, 0.6) is 0 Å². The highest BCUT2D eigenvalue weighted by Gasteiger charge is 2.54. The molecule has 0 bridgehead atoms. The van der Waals surface area contributed by atoms with Gasteiger partial charge in [-0.25, -0.2) is 0 Å². The molecule has 4 nitrogen and oxygen atoms in total. The van der Waals surface area contributed by atoms with Gasteiger partial charge in [-0.05, 0) is 19.3 Å².